The Hall–Kier alpha value is -0.200. The van der Waals surface area contributed by atoms with E-state index in [1.165, 1.54) is 5.56 Å². The Morgan fingerprint density at radius 1 is 1.22 bits per heavy atom. The van der Waals surface area contributed by atoms with Crippen LogP contribution in [0.4, 0.5) is 0 Å². The van der Waals surface area contributed by atoms with Gasteiger partial charge in [0.25, 0.3) is 0 Å². The Morgan fingerprint density at radius 3 is 2.26 bits per heavy atom. The monoisotopic (exact) mass is 428 g/mol. The average molecular weight is 430 g/mol. The number of methoxy groups -OCH3 is 1. The lowest BCUT2D eigenvalue weighted by Crippen LogP contribution is -2.48. The third-order valence-electron chi connectivity index (χ3n) is 3.92. The number of phenolic OH excluding ortho intramolecular Hbond substituents is 1. The van der Waals surface area contributed by atoms with E-state index in [0.29, 0.717) is 10.2 Å². The summed E-state index contributed by atoms with van der Waals surface area (Å²) >= 11 is 3.44. The van der Waals surface area contributed by atoms with E-state index in [2.05, 4.69) is 46.9 Å². The van der Waals surface area contributed by atoms with Gasteiger partial charge in [0.05, 0.1) is 11.6 Å². The summed E-state index contributed by atoms with van der Waals surface area (Å²) in [5.74, 6) is 0.679. The Morgan fingerprint density at radius 2 is 1.78 bits per heavy atom. The van der Waals surface area contributed by atoms with E-state index in [9.17, 15) is 5.11 Å². The predicted molar refractivity (Wildman–Crippen MR) is 103 cm³/mol. The van der Waals surface area contributed by atoms with Gasteiger partial charge in [0.1, 0.15) is 0 Å². The molecule has 1 aromatic rings. The number of phenols is 1. The highest BCUT2D eigenvalue weighted by Crippen LogP contribution is 2.43. The molecule has 0 bridgehead atoms. The minimum atomic E-state index is 0. The third kappa shape index (κ3) is 5.40. The topological polar surface area (TPSA) is 44.7 Å². The van der Waals surface area contributed by atoms with Gasteiger partial charge in [-0.15, -0.1) is 24.8 Å². The number of piperazine rings is 1. The van der Waals surface area contributed by atoms with Crippen molar-refractivity contribution >= 4 is 40.7 Å². The first-order valence-corrected chi connectivity index (χ1v) is 8.15. The number of nitrogens with one attached hydrogen (secondary N) is 1. The molecule has 2 rings (SSSR count). The van der Waals surface area contributed by atoms with Gasteiger partial charge in [0, 0.05) is 32.2 Å². The van der Waals surface area contributed by atoms with Crippen molar-refractivity contribution in [2.24, 2.45) is 5.41 Å². The van der Waals surface area contributed by atoms with Crippen molar-refractivity contribution in [2.45, 2.75) is 26.8 Å². The molecule has 0 spiro atoms. The molecule has 0 aliphatic carbocycles. The zero-order valence-corrected chi connectivity index (χ0v) is 17.3. The Bertz CT molecular complexity index is 504. The third-order valence-corrected chi connectivity index (χ3v) is 4.53. The van der Waals surface area contributed by atoms with E-state index in [4.69, 9.17) is 4.74 Å². The first-order valence-electron chi connectivity index (χ1n) is 7.35. The summed E-state index contributed by atoms with van der Waals surface area (Å²) in [4.78, 5) is 2.51. The number of ether oxygens (including phenoxy) is 1. The van der Waals surface area contributed by atoms with Crippen LogP contribution >= 0.6 is 40.7 Å². The second kappa shape index (κ2) is 9.33. The van der Waals surface area contributed by atoms with Crippen molar-refractivity contribution < 1.29 is 9.84 Å². The molecule has 1 aliphatic rings. The maximum absolute atomic E-state index is 10.0. The maximum atomic E-state index is 10.0. The lowest BCUT2D eigenvalue weighted by Gasteiger charge is -2.42. The minimum Gasteiger partial charge on any atom is -0.503 e. The number of nitrogens with zero attached hydrogens (tertiary/aromatic N) is 1. The summed E-state index contributed by atoms with van der Waals surface area (Å²) in [5, 5.41) is 13.4. The minimum absolute atomic E-state index is 0. The summed E-state index contributed by atoms with van der Waals surface area (Å²) in [6.45, 7) is 10.9. The average Bonchev–Trinajstić information content (AvgIpc) is 2.42. The van der Waals surface area contributed by atoms with E-state index < -0.39 is 0 Å². The molecule has 134 valence electrons. The van der Waals surface area contributed by atoms with Crippen molar-refractivity contribution in [1.29, 1.82) is 0 Å². The standard InChI is InChI=1S/C16H25BrN2O2.2ClH/c1-16(2,3)15(19-7-5-18-6-8-19)11-9-12(17)14(20)13(10-11)21-4;;/h9-10,15,18,20H,5-8H2,1-4H3;2*1H/t15-;;/m0../s1. The molecule has 0 aromatic heterocycles. The molecule has 1 fully saturated rings. The molecule has 0 unspecified atom stereocenters. The number of halogens is 3. The zero-order chi connectivity index (χ0) is 15.6. The molecule has 4 nitrogen and oxygen atoms in total. The molecule has 2 N–H and O–H groups in total. The number of aromatic hydroxyl groups is 1. The lowest BCUT2D eigenvalue weighted by molar-refractivity contribution is 0.0859. The van der Waals surface area contributed by atoms with Crippen LogP contribution < -0.4 is 10.1 Å². The van der Waals surface area contributed by atoms with Crippen LogP contribution in [0.3, 0.4) is 0 Å². The predicted octanol–water partition coefficient (Wildman–Crippen LogP) is 4.00. The first-order chi connectivity index (χ1) is 9.84. The first kappa shape index (κ1) is 22.8. The van der Waals surface area contributed by atoms with Crippen molar-refractivity contribution in [3.63, 3.8) is 0 Å². The number of benzene rings is 1. The van der Waals surface area contributed by atoms with Crippen LogP contribution in [0.2, 0.25) is 0 Å². The summed E-state index contributed by atoms with van der Waals surface area (Å²) in [7, 11) is 1.59. The van der Waals surface area contributed by atoms with Crippen molar-refractivity contribution in [2.75, 3.05) is 33.3 Å². The van der Waals surface area contributed by atoms with E-state index in [0.717, 1.165) is 26.2 Å². The number of hydrogen-bond acceptors (Lipinski definition) is 4. The van der Waals surface area contributed by atoms with Crippen LogP contribution in [-0.2, 0) is 0 Å². The molecule has 0 saturated carbocycles. The number of rotatable bonds is 3. The van der Waals surface area contributed by atoms with E-state index in [1.54, 1.807) is 7.11 Å². The summed E-state index contributed by atoms with van der Waals surface area (Å²) in [6, 6.07) is 4.25. The highest BCUT2D eigenvalue weighted by Gasteiger charge is 2.33. The fraction of sp³-hybridized carbons (Fsp3) is 0.625. The lowest BCUT2D eigenvalue weighted by atomic mass is 9.81. The quantitative estimate of drug-likeness (QED) is 0.762. The Labute approximate surface area is 159 Å². The molecule has 1 heterocycles. The molecular weight excluding hydrogens is 403 g/mol. The highest BCUT2D eigenvalue weighted by molar-refractivity contribution is 9.10. The molecule has 7 heteroatoms. The van der Waals surface area contributed by atoms with E-state index >= 15 is 0 Å². The van der Waals surface area contributed by atoms with Crippen LogP contribution in [0.5, 0.6) is 11.5 Å². The fourth-order valence-corrected chi connectivity index (χ4v) is 3.57. The summed E-state index contributed by atoms with van der Waals surface area (Å²) < 4.78 is 5.99. The Kier molecular flexibility index (Phi) is 9.25. The molecule has 1 aliphatic heterocycles. The summed E-state index contributed by atoms with van der Waals surface area (Å²) in [5.41, 5.74) is 1.27. The molecule has 0 amide bonds. The largest absolute Gasteiger partial charge is 0.503 e. The van der Waals surface area contributed by atoms with Gasteiger partial charge in [-0.1, -0.05) is 20.8 Å². The van der Waals surface area contributed by atoms with Gasteiger partial charge in [-0.05, 0) is 39.0 Å². The second-order valence-electron chi connectivity index (χ2n) is 6.61. The molecular formula is C16H27BrCl2N2O2. The van der Waals surface area contributed by atoms with Crippen LogP contribution in [-0.4, -0.2) is 43.3 Å². The SMILES string of the molecule is COc1cc([C@H](N2CCNCC2)C(C)(C)C)cc(Br)c1O.Cl.Cl. The van der Waals surface area contributed by atoms with Crippen LogP contribution in [0.25, 0.3) is 0 Å². The number of hydrogen-bond donors (Lipinski definition) is 2. The van der Waals surface area contributed by atoms with Gasteiger partial charge >= 0.3 is 0 Å². The normalized spacial score (nSPS) is 16.9. The van der Waals surface area contributed by atoms with Gasteiger partial charge in [-0.3, -0.25) is 4.90 Å². The van der Waals surface area contributed by atoms with Crippen molar-refractivity contribution in [1.82, 2.24) is 10.2 Å². The smallest absolute Gasteiger partial charge is 0.172 e. The van der Waals surface area contributed by atoms with E-state index in [-0.39, 0.29) is 42.0 Å². The Balaban J connectivity index is 0.00000242. The van der Waals surface area contributed by atoms with Crippen molar-refractivity contribution in [3.8, 4) is 11.5 Å². The van der Waals surface area contributed by atoms with E-state index in [1.807, 2.05) is 12.1 Å². The van der Waals surface area contributed by atoms with Gasteiger partial charge in [-0.2, -0.15) is 0 Å². The van der Waals surface area contributed by atoms with Gasteiger partial charge in [0.15, 0.2) is 11.5 Å². The van der Waals surface area contributed by atoms with Crippen LogP contribution in [0, 0.1) is 5.41 Å². The maximum Gasteiger partial charge on any atom is 0.172 e. The zero-order valence-electron chi connectivity index (χ0n) is 14.1. The van der Waals surface area contributed by atoms with Gasteiger partial charge in [0.2, 0.25) is 0 Å². The second-order valence-corrected chi connectivity index (χ2v) is 7.46. The molecule has 23 heavy (non-hydrogen) atoms. The molecule has 1 aromatic carbocycles. The molecule has 1 atom stereocenters. The molecule has 0 radical (unpaired) electrons. The van der Waals surface area contributed by atoms with Crippen LogP contribution in [0.15, 0.2) is 16.6 Å². The van der Waals surface area contributed by atoms with Crippen LogP contribution in [0.1, 0.15) is 32.4 Å². The highest BCUT2D eigenvalue weighted by atomic mass is 79.9. The summed E-state index contributed by atoms with van der Waals surface area (Å²) in [6.07, 6.45) is 0. The molecule has 1 saturated heterocycles. The van der Waals surface area contributed by atoms with Gasteiger partial charge < -0.3 is 15.2 Å². The van der Waals surface area contributed by atoms with Crippen molar-refractivity contribution in [3.05, 3.63) is 22.2 Å². The fourth-order valence-electron chi connectivity index (χ4n) is 3.11. The van der Waals surface area contributed by atoms with Gasteiger partial charge in [-0.25, -0.2) is 0 Å².